The lowest BCUT2D eigenvalue weighted by molar-refractivity contribution is -0.139. The SMILES string of the molecule is O=C(NCc1cccs1)C1CCN(C(=O)[C@@H]2CC(=O)N(c3ccccc3)C2)CC1. The van der Waals surface area contributed by atoms with Gasteiger partial charge in [0.25, 0.3) is 0 Å². The van der Waals surface area contributed by atoms with Crippen molar-refractivity contribution in [1.82, 2.24) is 10.2 Å². The smallest absolute Gasteiger partial charge is 0.228 e. The minimum absolute atomic E-state index is 0.00242. The van der Waals surface area contributed by atoms with E-state index < -0.39 is 0 Å². The van der Waals surface area contributed by atoms with Crippen LogP contribution in [0.4, 0.5) is 5.69 Å². The van der Waals surface area contributed by atoms with E-state index in [1.54, 1.807) is 16.2 Å². The first-order valence-corrected chi connectivity index (χ1v) is 10.9. The second-order valence-corrected chi connectivity index (χ2v) is 8.67. The Kier molecular flexibility index (Phi) is 5.94. The predicted molar refractivity (Wildman–Crippen MR) is 112 cm³/mol. The summed E-state index contributed by atoms with van der Waals surface area (Å²) in [5.41, 5.74) is 0.842. The van der Waals surface area contributed by atoms with Gasteiger partial charge in [-0.15, -0.1) is 11.3 Å². The van der Waals surface area contributed by atoms with Crippen molar-refractivity contribution in [2.75, 3.05) is 24.5 Å². The lowest BCUT2D eigenvalue weighted by Gasteiger charge is -2.32. The average Bonchev–Trinajstić information content (AvgIpc) is 3.42. The molecule has 152 valence electrons. The molecule has 1 aromatic heterocycles. The molecule has 0 saturated carbocycles. The van der Waals surface area contributed by atoms with E-state index >= 15 is 0 Å². The molecule has 4 rings (SSSR count). The maximum atomic E-state index is 12.9. The fraction of sp³-hybridized carbons (Fsp3) is 0.409. The zero-order valence-corrected chi connectivity index (χ0v) is 17.1. The van der Waals surface area contributed by atoms with Crippen LogP contribution in [0.15, 0.2) is 47.8 Å². The molecule has 6 nitrogen and oxygen atoms in total. The van der Waals surface area contributed by atoms with Crippen molar-refractivity contribution in [3.63, 3.8) is 0 Å². The summed E-state index contributed by atoms with van der Waals surface area (Å²) in [6, 6.07) is 13.5. The number of nitrogens with one attached hydrogen (secondary N) is 1. The van der Waals surface area contributed by atoms with Crippen molar-refractivity contribution in [3.8, 4) is 0 Å². The van der Waals surface area contributed by atoms with Crippen molar-refractivity contribution >= 4 is 34.7 Å². The van der Waals surface area contributed by atoms with Crippen molar-refractivity contribution in [2.24, 2.45) is 11.8 Å². The van der Waals surface area contributed by atoms with Gasteiger partial charge in [-0.3, -0.25) is 14.4 Å². The van der Waals surface area contributed by atoms with Crippen LogP contribution < -0.4 is 10.2 Å². The van der Waals surface area contributed by atoms with E-state index in [2.05, 4.69) is 5.32 Å². The Labute approximate surface area is 174 Å². The van der Waals surface area contributed by atoms with Crippen LogP contribution in [-0.4, -0.2) is 42.3 Å². The topological polar surface area (TPSA) is 69.7 Å². The molecule has 2 aliphatic heterocycles. The summed E-state index contributed by atoms with van der Waals surface area (Å²) in [6.07, 6.45) is 1.60. The largest absolute Gasteiger partial charge is 0.351 e. The second kappa shape index (κ2) is 8.78. The first kappa shape index (κ1) is 19.6. The average molecular weight is 412 g/mol. The first-order chi connectivity index (χ1) is 14.1. The summed E-state index contributed by atoms with van der Waals surface area (Å²) in [5.74, 6) is -0.250. The summed E-state index contributed by atoms with van der Waals surface area (Å²) in [7, 11) is 0. The highest BCUT2D eigenvalue weighted by atomic mass is 32.1. The Morgan fingerprint density at radius 1 is 1.03 bits per heavy atom. The van der Waals surface area contributed by atoms with Gasteiger partial charge in [-0.1, -0.05) is 24.3 Å². The number of likely N-dealkylation sites (tertiary alicyclic amines) is 1. The molecule has 2 aliphatic rings. The lowest BCUT2D eigenvalue weighted by atomic mass is 9.94. The number of carbonyl (C=O) groups is 3. The van der Waals surface area contributed by atoms with Gasteiger partial charge in [-0.25, -0.2) is 0 Å². The number of thiophene rings is 1. The van der Waals surface area contributed by atoms with Crippen LogP contribution in [0, 0.1) is 11.8 Å². The van der Waals surface area contributed by atoms with E-state index in [1.165, 1.54) is 0 Å². The number of benzene rings is 1. The number of rotatable bonds is 5. The Bertz CT molecular complexity index is 861. The van der Waals surface area contributed by atoms with Crippen molar-refractivity contribution in [2.45, 2.75) is 25.8 Å². The number of hydrogen-bond donors (Lipinski definition) is 1. The summed E-state index contributed by atoms with van der Waals surface area (Å²) in [4.78, 5) is 42.4. The van der Waals surface area contributed by atoms with E-state index in [4.69, 9.17) is 0 Å². The van der Waals surface area contributed by atoms with Crippen molar-refractivity contribution < 1.29 is 14.4 Å². The maximum absolute atomic E-state index is 12.9. The van der Waals surface area contributed by atoms with Gasteiger partial charge < -0.3 is 15.1 Å². The van der Waals surface area contributed by atoms with E-state index in [0.717, 1.165) is 10.6 Å². The zero-order chi connectivity index (χ0) is 20.2. The van der Waals surface area contributed by atoms with Crippen LogP contribution in [0.5, 0.6) is 0 Å². The molecule has 0 bridgehead atoms. The third kappa shape index (κ3) is 4.50. The molecule has 0 spiro atoms. The first-order valence-electron chi connectivity index (χ1n) is 10.1. The van der Waals surface area contributed by atoms with Crippen molar-refractivity contribution in [1.29, 1.82) is 0 Å². The highest BCUT2D eigenvalue weighted by molar-refractivity contribution is 7.09. The molecule has 0 unspecified atom stereocenters. The fourth-order valence-electron chi connectivity index (χ4n) is 4.08. The molecule has 7 heteroatoms. The molecule has 1 N–H and O–H groups in total. The molecule has 2 aromatic rings. The standard InChI is InChI=1S/C22H25N3O3S/c26-20-13-17(15-25(20)18-5-2-1-3-6-18)22(28)24-10-8-16(9-11-24)21(27)23-14-19-7-4-12-29-19/h1-7,12,16-17H,8-11,13-15H2,(H,23,27)/t17-/m1/s1. The number of anilines is 1. The molecule has 3 heterocycles. The highest BCUT2D eigenvalue weighted by Gasteiger charge is 2.38. The molecular formula is C22H25N3O3S. The summed E-state index contributed by atoms with van der Waals surface area (Å²) >= 11 is 1.63. The van der Waals surface area contributed by atoms with Crippen LogP contribution >= 0.6 is 11.3 Å². The van der Waals surface area contributed by atoms with Gasteiger partial charge in [0.05, 0.1) is 12.5 Å². The number of hydrogen-bond acceptors (Lipinski definition) is 4. The molecule has 29 heavy (non-hydrogen) atoms. The minimum atomic E-state index is -0.299. The molecule has 1 atom stereocenters. The van der Waals surface area contributed by atoms with Gasteiger partial charge in [0, 0.05) is 42.5 Å². The maximum Gasteiger partial charge on any atom is 0.228 e. The van der Waals surface area contributed by atoms with Gasteiger partial charge in [0.1, 0.15) is 0 Å². The summed E-state index contributed by atoms with van der Waals surface area (Å²) in [6.45, 7) is 2.15. The van der Waals surface area contributed by atoms with Crippen LogP contribution in [0.2, 0.25) is 0 Å². The van der Waals surface area contributed by atoms with E-state index in [0.29, 0.717) is 39.0 Å². The molecule has 0 aliphatic carbocycles. The van der Waals surface area contributed by atoms with Gasteiger partial charge >= 0.3 is 0 Å². The van der Waals surface area contributed by atoms with Gasteiger partial charge in [0.2, 0.25) is 17.7 Å². The van der Waals surface area contributed by atoms with Gasteiger partial charge in [-0.2, -0.15) is 0 Å². The number of nitrogens with zero attached hydrogens (tertiary/aromatic N) is 2. The molecule has 2 fully saturated rings. The van der Waals surface area contributed by atoms with E-state index in [1.807, 2.05) is 52.7 Å². The highest BCUT2D eigenvalue weighted by Crippen LogP contribution is 2.28. The fourth-order valence-corrected chi connectivity index (χ4v) is 4.73. The van der Waals surface area contributed by atoms with Gasteiger partial charge in [-0.05, 0) is 36.4 Å². The second-order valence-electron chi connectivity index (χ2n) is 7.64. The molecule has 0 radical (unpaired) electrons. The van der Waals surface area contributed by atoms with Crippen LogP contribution in [0.3, 0.4) is 0 Å². The normalized spacial score (nSPS) is 20.1. The number of piperidine rings is 1. The third-order valence-electron chi connectivity index (χ3n) is 5.74. The molecule has 3 amide bonds. The third-order valence-corrected chi connectivity index (χ3v) is 6.61. The number of amides is 3. The van der Waals surface area contributed by atoms with E-state index in [-0.39, 0.29) is 36.0 Å². The predicted octanol–water partition coefficient (Wildman–Crippen LogP) is 2.66. The van der Waals surface area contributed by atoms with E-state index in [9.17, 15) is 14.4 Å². The van der Waals surface area contributed by atoms with Crippen molar-refractivity contribution in [3.05, 3.63) is 52.7 Å². The minimum Gasteiger partial charge on any atom is -0.351 e. The summed E-state index contributed by atoms with van der Waals surface area (Å²) in [5, 5.41) is 5.00. The molecule has 2 saturated heterocycles. The van der Waals surface area contributed by atoms with Crippen LogP contribution in [0.25, 0.3) is 0 Å². The lowest BCUT2D eigenvalue weighted by Crippen LogP contribution is -2.45. The quantitative estimate of drug-likeness (QED) is 0.822. The zero-order valence-electron chi connectivity index (χ0n) is 16.3. The number of carbonyl (C=O) groups excluding carboxylic acids is 3. The Balaban J connectivity index is 1.27. The molecule has 1 aromatic carbocycles. The van der Waals surface area contributed by atoms with Crippen LogP contribution in [-0.2, 0) is 20.9 Å². The Hall–Kier alpha value is -2.67. The van der Waals surface area contributed by atoms with Crippen LogP contribution in [0.1, 0.15) is 24.1 Å². The van der Waals surface area contributed by atoms with Gasteiger partial charge in [0.15, 0.2) is 0 Å². The molecular weight excluding hydrogens is 386 g/mol. The number of para-hydroxylation sites is 1. The monoisotopic (exact) mass is 411 g/mol. The summed E-state index contributed by atoms with van der Waals surface area (Å²) < 4.78 is 0. The Morgan fingerprint density at radius 3 is 2.48 bits per heavy atom. The Morgan fingerprint density at radius 2 is 1.79 bits per heavy atom.